The van der Waals surface area contributed by atoms with Crippen LogP contribution in [-0.2, 0) is 0 Å². The first-order valence-corrected chi connectivity index (χ1v) is 11.4. The summed E-state index contributed by atoms with van der Waals surface area (Å²) in [5, 5.41) is 8.74. The molecule has 0 radical (unpaired) electrons. The van der Waals surface area contributed by atoms with Crippen LogP contribution < -0.4 is 0 Å². The molecule has 0 saturated heterocycles. The predicted octanol–water partition coefficient (Wildman–Crippen LogP) is 8.23. The molecular weight excluding hydrogens is 400 g/mol. The molecular formula is C31H22N2. The summed E-state index contributed by atoms with van der Waals surface area (Å²) in [5.41, 5.74) is 6.97. The maximum absolute atomic E-state index is 5.18. The summed E-state index contributed by atoms with van der Waals surface area (Å²) in [4.78, 5) is 5.18. The highest BCUT2D eigenvalue weighted by Gasteiger charge is 2.15. The Kier molecular flexibility index (Phi) is 3.72. The molecule has 0 bridgehead atoms. The molecule has 0 aliphatic heterocycles. The molecule has 0 fully saturated rings. The van der Waals surface area contributed by atoms with E-state index in [4.69, 9.17) is 4.98 Å². The highest BCUT2D eigenvalue weighted by Crippen LogP contribution is 2.36. The summed E-state index contributed by atoms with van der Waals surface area (Å²) in [6.07, 6.45) is 2.21. The standard InChI is InChI=1S/C31H22N2/c1-19-8-7-9-20(2)30(19)28-18-33-29-17-24-15-22-11-4-3-10-21(22)14-23(24)16-27(29)25-12-5-6-13-26(25)31(33)32-28/h3-18H,1-2H3. The van der Waals surface area contributed by atoms with Crippen molar-refractivity contribution in [2.45, 2.75) is 13.8 Å². The topological polar surface area (TPSA) is 17.3 Å². The molecule has 0 unspecified atom stereocenters. The lowest BCUT2D eigenvalue weighted by Crippen LogP contribution is -1.91. The Labute approximate surface area is 191 Å². The number of aryl methyl sites for hydroxylation is 2. The van der Waals surface area contributed by atoms with Crippen molar-refractivity contribution in [2.24, 2.45) is 0 Å². The fraction of sp³-hybridized carbons (Fsp3) is 0.0645. The van der Waals surface area contributed by atoms with Crippen LogP contribution >= 0.6 is 0 Å². The number of hydrogen-bond donors (Lipinski definition) is 0. The summed E-state index contributed by atoms with van der Waals surface area (Å²) in [6, 6.07) is 33.0. The van der Waals surface area contributed by atoms with Crippen molar-refractivity contribution < 1.29 is 0 Å². The van der Waals surface area contributed by atoms with Gasteiger partial charge in [0, 0.05) is 22.5 Å². The number of nitrogens with zero attached hydrogens (tertiary/aromatic N) is 2. The molecule has 2 aromatic heterocycles. The molecule has 7 rings (SSSR count). The minimum Gasteiger partial charge on any atom is -0.298 e. The van der Waals surface area contributed by atoms with Gasteiger partial charge in [-0.1, -0.05) is 66.7 Å². The first kappa shape index (κ1) is 18.4. The van der Waals surface area contributed by atoms with Crippen LogP contribution in [0.2, 0.25) is 0 Å². The van der Waals surface area contributed by atoms with Gasteiger partial charge in [-0.15, -0.1) is 0 Å². The third kappa shape index (κ3) is 2.64. The van der Waals surface area contributed by atoms with Gasteiger partial charge in [0.15, 0.2) is 0 Å². The van der Waals surface area contributed by atoms with Gasteiger partial charge in [0.2, 0.25) is 0 Å². The number of aromatic nitrogens is 2. The third-order valence-electron chi connectivity index (χ3n) is 6.98. The van der Waals surface area contributed by atoms with Crippen LogP contribution in [0.4, 0.5) is 0 Å². The van der Waals surface area contributed by atoms with E-state index in [1.807, 2.05) is 0 Å². The van der Waals surface area contributed by atoms with Crippen molar-refractivity contribution in [3.8, 4) is 11.3 Å². The van der Waals surface area contributed by atoms with Crippen LogP contribution in [0.15, 0.2) is 97.2 Å². The molecule has 0 amide bonds. The molecule has 33 heavy (non-hydrogen) atoms. The third-order valence-corrected chi connectivity index (χ3v) is 6.98. The van der Waals surface area contributed by atoms with E-state index in [-0.39, 0.29) is 0 Å². The van der Waals surface area contributed by atoms with Crippen LogP contribution in [0, 0.1) is 13.8 Å². The normalized spacial score (nSPS) is 11.9. The molecule has 2 nitrogen and oxygen atoms in total. The zero-order chi connectivity index (χ0) is 22.1. The lowest BCUT2D eigenvalue weighted by molar-refractivity contribution is 1.27. The summed E-state index contributed by atoms with van der Waals surface area (Å²) >= 11 is 0. The fourth-order valence-electron chi connectivity index (χ4n) is 5.40. The Balaban J connectivity index is 1.66. The maximum atomic E-state index is 5.18. The minimum atomic E-state index is 1.01. The van der Waals surface area contributed by atoms with E-state index in [2.05, 4.69) is 115 Å². The Morgan fingerprint density at radius 3 is 1.94 bits per heavy atom. The van der Waals surface area contributed by atoms with Crippen LogP contribution in [-0.4, -0.2) is 9.38 Å². The summed E-state index contributed by atoms with van der Waals surface area (Å²) in [7, 11) is 0. The van der Waals surface area contributed by atoms with Gasteiger partial charge in [-0.2, -0.15) is 0 Å². The molecule has 156 valence electrons. The molecule has 2 heteroatoms. The second kappa shape index (κ2) is 6.66. The first-order chi connectivity index (χ1) is 16.2. The van der Waals surface area contributed by atoms with Gasteiger partial charge in [0.05, 0.1) is 11.2 Å². The lowest BCUT2D eigenvalue weighted by Gasteiger charge is -2.10. The second-order valence-electron chi connectivity index (χ2n) is 9.05. The van der Waals surface area contributed by atoms with Crippen molar-refractivity contribution in [3.63, 3.8) is 0 Å². The summed E-state index contributed by atoms with van der Waals surface area (Å²) < 4.78 is 2.29. The van der Waals surface area contributed by atoms with Gasteiger partial charge in [-0.3, -0.25) is 4.40 Å². The highest BCUT2D eigenvalue weighted by molar-refractivity contribution is 6.16. The number of benzene rings is 5. The molecule has 0 aliphatic carbocycles. The number of fused-ring (bicyclic) bond motifs is 8. The molecule has 0 spiro atoms. The zero-order valence-electron chi connectivity index (χ0n) is 18.6. The minimum absolute atomic E-state index is 1.01. The quantitative estimate of drug-likeness (QED) is 0.192. The van der Waals surface area contributed by atoms with Gasteiger partial charge >= 0.3 is 0 Å². The lowest BCUT2D eigenvalue weighted by atomic mass is 9.99. The molecule has 0 aliphatic rings. The Bertz CT molecular complexity index is 1870. The summed E-state index contributed by atoms with van der Waals surface area (Å²) in [5.74, 6) is 0. The zero-order valence-corrected chi connectivity index (χ0v) is 18.6. The number of pyridine rings is 1. The molecule has 7 aromatic rings. The summed E-state index contributed by atoms with van der Waals surface area (Å²) in [6.45, 7) is 4.34. The fourth-order valence-corrected chi connectivity index (χ4v) is 5.40. The van der Waals surface area contributed by atoms with E-state index >= 15 is 0 Å². The molecule has 0 atom stereocenters. The SMILES string of the molecule is Cc1cccc(C)c1-c1cn2c3cc4cc5ccccc5cc4cc3c3ccccc3c2n1. The Hall–Kier alpha value is -4.17. The monoisotopic (exact) mass is 422 g/mol. The number of rotatable bonds is 1. The second-order valence-corrected chi connectivity index (χ2v) is 9.05. The van der Waals surface area contributed by atoms with Crippen LogP contribution in [0.3, 0.4) is 0 Å². The average Bonchev–Trinajstić information content (AvgIpc) is 3.27. The van der Waals surface area contributed by atoms with Crippen molar-refractivity contribution >= 4 is 48.9 Å². The van der Waals surface area contributed by atoms with Crippen LogP contribution in [0.1, 0.15) is 11.1 Å². The Morgan fingerprint density at radius 2 is 1.21 bits per heavy atom. The van der Waals surface area contributed by atoms with E-state index in [0.29, 0.717) is 0 Å². The van der Waals surface area contributed by atoms with Gasteiger partial charge in [-0.05, 0) is 76.2 Å². The molecule has 0 saturated carbocycles. The van der Waals surface area contributed by atoms with Crippen LogP contribution in [0.25, 0.3) is 60.1 Å². The van der Waals surface area contributed by atoms with Gasteiger partial charge < -0.3 is 0 Å². The van der Waals surface area contributed by atoms with Gasteiger partial charge in [-0.25, -0.2) is 4.98 Å². The van der Waals surface area contributed by atoms with Crippen molar-refractivity contribution in [3.05, 3.63) is 108 Å². The van der Waals surface area contributed by atoms with Crippen molar-refractivity contribution in [1.82, 2.24) is 9.38 Å². The van der Waals surface area contributed by atoms with E-state index in [1.54, 1.807) is 0 Å². The van der Waals surface area contributed by atoms with E-state index < -0.39 is 0 Å². The van der Waals surface area contributed by atoms with Crippen molar-refractivity contribution in [1.29, 1.82) is 0 Å². The van der Waals surface area contributed by atoms with E-state index in [9.17, 15) is 0 Å². The van der Waals surface area contributed by atoms with E-state index in [1.165, 1.54) is 59.9 Å². The molecule has 5 aromatic carbocycles. The maximum Gasteiger partial charge on any atom is 0.145 e. The number of imidazole rings is 1. The van der Waals surface area contributed by atoms with Gasteiger partial charge in [0.1, 0.15) is 5.65 Å². The van der Waals surface area contributed by atoms with Crippen LogP contribution in [0.5, 0.6) is 0 Å². The average molecular weight is 423 g/mol. The number of hydrogen-bond acceptors (Lipinski definition) is 1. The largest absolute Gasteiger partial charge is 0.298 e. The van der Waals surface area contributed by atoms with Crippen molar-refractivity contribution in [2.75, 3.05) is 0 Å². The highest BCUT2D eigenvalue weighted by atomic mass is 15.0. The molecule has 2 heterocycles. The van der Waals surface area contributed by atoms with E-state index in [0.717, 1.165) is 11.3 Å². The predicted molar refractivity (Wildman–Crippen MR) is 140 cm³/mol. The smallest absolute Gasteiger partial charge is 0.145 e. The molecule has 0 N–H and O–H groups in total. The Morgan fingerprint density at radius 1 is 0.576 bits per heavy atom. The van der Waals surface area contributed by atoms with Gasteiger partial charge in [0.25, 0.3) is 0 Å². The first-order valence-electron chi connectivity index (χ1n) is 11.4.